The molecule has 4 aromatic rings. The summed E-state index contributed by atoms with van der Waals surface area (Å²) in [7, 11) is 0. The Morgan fingerprint density at radius 1 is 0.658 bits per heavy atom. The van der Waals surface area contributed by atoms with Crippen LogP contribution in [0.15, 0.2) is 60.1 Å². The van der Waals surface area contributed by atoms with Gasteiger partial charge in [-0.25, -0.2) is 0 Å². The molecule has 1 aromatic heterocycles. The van der Waals surface area contributed by atoms with Crippen LogP contribution in [0.3, 0.4) is 0 Å². The first-order valence-electron chi connectivity index (χ1n) is 10.5. The van der Waals surface area contributed by atoms with E-state index in [0.717, 1.165) is 22.7 Å². The zero-order valence-corrected chi connectivity index (χ0v) is 21.1. The minimum atomic E-state index is -0.739. The number of para-hydroxylation sites is 1. The number of nitro benzene ring substituents is 4. The van der Waals surface area contributed by atoms with Crippen molar-refractivity contribution in [1.82, 2.24) is 0 Å². The lowest BCUT2D eigenvalue weighted by atomic mass is 9.94. The van der Waals surface area contributed by atoms with Crippen molar-refractivity contribution in [3.8, 4) is 27.9 Å². The number of aromatic nitrogens is 1. The number of non-ortho nitro benzene ring substituents is 4. The first-order valence-corrected chi connectivity index (χ1v) is 11.3. The zero-order chi connectivity index (χ0) is 27.0. The molecule has 0 radical (unpaired) electrons. The largest absolute Gasteiger partial charge is 1.00 e. The average Bonchev–Trinajstić information content (AvgIpc) is 3.20. The lowest BCUT2D eigenvalue weighted by Gasteiger charge is -2.11. The number of nitrogens with zero attached hydrogens (tertiary/aromatic N) is 5. The van der Waals surface area contributed by atoms with Gasteiger partial charge in [-0.05, 0) is 19.1 Å². The van der Waals surface area contributed by atoms with Gasteiger partial charge in [-0.15, -0.1) is 0 Å². The van der Waals surface area contributed by atoms with E-state index in [1.807, 2.05) is 13.8 Å². The summed E-state index contributed by atoms with van der Waals surface area (Å²) < 4.78 is 1.75. The average molecular weight is 558 g/mol. The van der Waals surface area contributed by atoms with Gasteiger partial charge in [-0.2, -0.15) is 4.57 Å². The molecular weight excluding hydrogens is 542 g/mol. The van der Waals surface area contributed by atoms with E-state index < -0.39 is 42.4 Å². The maximum Gasteiger partial charge on any atom is 0.276 e. The van der Waals surface area contributed by atoms with Crippen molar-refractivity contribution in [2.75, 3.05) is 0 Å². The van der Waals surface area contributed by atoms with E-state index in [9.17, 15) is 40.5 Å². The number of hydrogen-bond donors (Lipinski definition) is 0. The summed E-state index contributed by atoms with van der Waals surface area (Å²) in [5.74, 6) is 0. The van der Waals surface area contributed by atoms with Gasteiger partial charge in [0.2, 0.25) is 11.2 Å². The van der Waals surface area contributed by atoms with Crippen LogP contribution < -0.4 is 17.0 Å². The Hall–Kier alpha value is -4.82. The van der Waals surface area contributed by atoms with Gasteiger partial charge < -0.3 is 12.4 Å². The number of rotatable bonds is 7. The Bertz CT molecular complexity index is 1480. The van der Waals surface area contributed by atoms with E-state index in [1.54, 1.807) is 28.3 Å². The Morgan fingerprint density at radius 3 is 1.32 bits per heavy atom. The van der Waals surface area contributed by atoms with Gasteiger partial charge in [0.05, 0.1) is 47.8 Å². The predicted molar refractivity (Wildman–Crippen MR) is 133 cm³/mol. The van der Waals surface area contributed by atoms with Crippen LogP contribution in [0.5, 0.6) is 0 Å². The van der Waals surface area contributed by atoms with Crippen LogP contribution in [0.1, 0.15) is 10.6 Å². The topological polar surface area (TPSA) is 176 Å². The Labute approximate surface area is 223 Å². The number of thiazole rings is 1. The molecule has 0 bridgehead atoms. The standard InChI is InChI=1S/C23H16N5O8S.ClH/c1-13-14(2)37-12-24(13)23-21(15-6-17(25(29)30)10-18(7-15)26(31)32)4-3-5-22(23)16-8-19(27(33)34)11-20(9-16)28(35)36;/h3-12H,1-2H3;1H/q+1;/p-1. The van der Waals surface area contributed by atoms with E-state index in [4.69, 9.17) is 0 Å². The first kappa shape index (κ1) is 27.8. The molecule has 4 rings (SSSR count). The Morgan fingerprint density at radius 2 is 1.03 bits per heavy atom. The second-order valence-electron chi connectivity index (χ2n) is 7.94. The van der Waals surface area contributed by atoms with E-state index in [0.29, 0.717) is 16.8 Å². The molecule has 0 aliphatic rings. The smallest absolute Gasteiger partial charge is 0.276 e. The molecule has 0 saturated heterocycles. The number of hydrogen-bond acceptors (Lipinski definition) is 9. The van der Waals surface area contributed by atoms with Gasteiger partial charge in [-0.1, -0.05) is 17.4 Å². The fourth-order valence-corrected chi connectivity index (χ4v) is 4.67. The molecule has 15 heteroatoms. The molecule has 0 atom stereocenters. The molecular formula is C23H16ClN5O8S. The third kappa shape index (κ3) is 5.16. The molecule has 0 amide bonds. The van der Waals surface area contributed by atoms with Crippen LogP contribution in [-0.4, -0.2) is 19.7 Å². The first-order chi connectivity index (χ1) is 17.5. The van der Waals surface area contributed by atoms with E-state index in [-0.39, 0.29) is 23.5 Å². The molecule has 0 spiro atoms. The van der Waals surface area contributed by atoms with Crippen LogP contribution in [-0.2, 0) is 0 Å². The van der Waals surface area contributed by atoms with Crippen molar-refractivity contribution in [3.05, 3.63) is 111 Å². The van der Waals surface area contributed by atoms with Crippen LogP contribution in [0.2, 0.25) is 0 Å². The fourth-order valence-electron chi connectivity index (χ4n) is 3.88. The number of benzene rings is 3. The van der Waals surface area contributed by atoms with Crippen molar-refractivity contribution in [2.45, 2.75) is 13.8 Å². The third-order valence-electron chi connectivity index (χ3n) is 5.75. The summed E-state index contributed by atoms with van der Waals surface area (Å²) in [6, 6.07) is 11.3. The van der Waals surface area contributed by atoms with Crippen molar-refractivity contribution in [2.24, 2.45) is 0 Å². The second kappa shape index (κ2) is 10.7. The summed E-state index contributed by atoms with van der Waals surface area (Å²) in [5.41, 5.74) is 1.99. The van der Waals surface area contributed by atoms with Gasteiger partial charge >= 0.3 is 0 Å². The van der Waals surface area contributed by atoms with E-state index >= 15 is 0 Å². The molecule has 0 unspecified atom stereocenters. The number of nitro groups is 4. The molecule has 0 aliphatic carbocycles. The molecule has 0 saturated carbocycles. The quantitative estimate of drug-likeness (QED) is 0.189. The maximum absolute atomic E-state index is 11.5. The van der Waals surface area contributed by atoms with Crippen molar-refractivity contribution in [1.29, 1.82) is 0 Å². The molecule has 3 aromatic carbocycles. The van der Waals surface area contributed by atoms with Crippen molar-refractivity contribution >= 4 is 34.1 Å². The van der Waals surface area contributed by atoms with E-state index in [1.165, 1.54) is 35.6 Å². The van der Waals surface area contributed by atoms with Crippen LogP contribution >= 0.6 is 11.3 Å². The summed E-state index contributed by atoms with van der Waals surface area (Å²) in [4.78, 5) is 44.0. The van der Waals surface area contributed by atoms with Gasteiger partial charge in [-0.3, -0.25) is 40.5 Å². The lowest BCUT2D eigenvalue weighted by Crippen LogP contribution is -3.00. The zero-order valence-electron chi connectivity index (χ0n) is 19.6. The van der Waals surface area contributed by atoms with Gasteiger partial charge in [0.15, 0.2) is 5.69 Å². The minimum Gasteiger partial charge on any atom is -1.00 e. The summed E-state index contributed by atoms with van der Waals surface area (Å²) in [6.07, 6.45) is 0. The summed E-state index contributed by atoms with van der Waals surface area (Å²) in [5, 5.41) is 46.1. The van der Waals surface area contributed by atoms with Crippen molar-refractivity contribution < 1.29 is 36.7 Å². The number of aryl methyl sites for hydroxylation is 1. The van der Waals surface area contributed by atoms with E-state index in [2.05, 4.69) is 0 Å². The minimum absolute atomic E-state index is 0. The highest BCUT2D eigenvalue weighted by molar-refractivity contribution is 7.09. The normalized spacial score (nSPS) is 10.5. The van der Waals surface area contributed by atoms with Crippen LogP contribution in [0, 0.1) is 54.3 Å². The molecule has 13 nitrogen and oxygen atoms in total. The highest BCUT2D eigenvalue weighted by Gasteiger charge is 2.29. The number of halogens is 1. The van der Waals surface area contributed by atoms with Crippen LogP contribution in [0.25, 0.3) is 27.9 Å². The lowest BCUT2D eigenvalue weighted by molar-refractivity contribution is -0.596. The predicted octanol–water partition coefficient (Wildman–Crippen LogP) is 2.61. The Kier molecular flexibility index (Phi) is 7.79. The molecule has 38 heavy (non-hydrogen) atoms. The second-order valence-corrected chi connectivity index (χ2v) is 9.00. The monoisotopic (exact) mass is 557 g/mol. The highest BCUT2D eigenvalue weighted by atomic mass is 35.5. The summed E-state index contributed by atoms with van der Waals surface area (Å²) >= 11 is 1.40. The molecule has 194 valence electrons. The Balaban J connectivity index is 0.00000400. The van der Waals surface area contributed by atoms with Crippen LogP contribution in [0.4, 0.5) is 22.7 Å². The molecule has 0 aliphatic heterocycles. The summed E-state index contributed by atoms with van der Waals surface area (Å²) in [6.45, 7) is 3.69. The molecule has 0 N–H and O–H groups in total. The highest BCUT2D eigenvalue weighted by Crippen LogP contribution is 2.39. The molecule has 1 heterocycles. The maximum atomic E-state index is 11.5. The third-order valence-corrected chi connectivity index (χ3v) is 6.72. The fraction of sp³-hybridized carbons (Fsp3) is 0.0870. The SMILES string of the molecule is Cc1sc[n+](-c2c(-c3cc([N+](=O)[O-])cc([N+](=O)[O-])c3)cccc2-c2cc([N+](=O)[O-])cc([N+](=O)[O-])c2)c1C.[Cl-]. The van der Waals surface area contributed by atoms with Crippen molar-refractivity contribution in [3.63, 3.8) is 0 Å². The molecule has 0 fully saturated rings. The van der Waals surface area contributed by atoms with Gasteiger partial charge in [0.1, 0.15) is 0 Å². The van der Waals surface area contributed by atoms with Gasteiger partial charge in [0.25, 0.3) is 22.7 Å². The van der Waals surface area contributed by atoms with Gasteiger partial charge in [0, 0.05) is 42.3 Å².